The lowest BCUT2D eigenvalue weighted by Crippen LogP contribution is -2.22. The van der Waals surface area contributed by atoms with E-state index < -0.39 is 11.4 Å². The van der Waals surface area contributed by atoms with Crippen LogP contribution in [0.3, 0.4) is 0 Å². The van der Waals surface area contributed by atoms with Crippen molar-refractivity contribution in [3.63, 3.8) is 0 Å². The Bertz CT molecular complexity index is 105. The largest absolute Gasteiger partial charge is 0.593 e. The fourth-order valence-electron chi connectivity index (χ4n) is 0.583. The first-order valence-corrected chi connectivity index (χ1v) is 3.73. The summed E-state index contributed by atoms with van der Waals surface area (Å²) < 4.78 is 12.4. The zero-order valence-electron chi connectivity index (χ0n) is 4.54. The van der Waals surface area contributed by atoms with Gasteiger partial charge in [-0.1, -0.05) is 0 Å². The summed E-state index contributed by atoms with van der Waals surface area (Å²) in [6.07, 6.45) is 3.71. The van der Waals surface area contributed by atoms with Gasteiger partial charge in [-0.3, -0.25) is 0 Å². The van der Waals surface area contributed by atoms with E-state index in [9.17, 15) is 4.55 Å². The molecule has 0 spiro atoms. The zero-order chi connectivity index (χ0) is 5.98. The first kappa shape index (κ1) is 5.98. The molecule has 0 bridgehead atoms. The lowest BCUT2D eigenvalue weighted by Gasteiger charge is -2.13. The Labute approximate surface area is 52.5 Å². The third-order valence-corrected chi connectivity index (χ3v) is 2.30. The molecule has 1 unspecified atom stereocenters. The molecule has 1 aliphatic rings. The molecule has 0 saturated heterocycles. The molecule has 0 fully saturated rings. The SMILES string of the molecule is [CH2]CN1C=CC[S+]1[O-]. The number of nitrogens with zero attached hydrogens (tertiary/aromatic N) is 1. The molecule has 1 atom stereocenters. The quantitative estimate of drug-likeness (QED) is 0.478. The smallest absolute Gasteiger partial charge is 0.151 e. The van der Waals surface area contributed by atoms with Gasteiger partial charge in [0.1, 0.15) is 0 Å². The normalized spacial score (nSPS) is 27.2. The maximum absolute atomic E-state index is 10.7. The average molecular weight is 130 g/mol. The molecular weight excluding hydrogens is 122 g/mol. The summed E-state index contributed by atoms with van der Waals surface area (Å²) >= 11 is -0.801. The molecule has 0 aromatic heterocycles. The minimum Gasteiger partial charge on any atom is -0.593 e. The van der Waals surface area contributed by atoms with Crippen molar-refractivity contribution in [3.05, 3.63) is 19.2 Å². The number of rotatable bonds is 1. The van der Waals surface area contributed by atoms with Crippen molar-refractivity contribution in [2.24, 2.45) is 0 Å². The van der Waals surface area contributed by atoms with Gasteiger partial charge in [-0.2, -0.15) is 0 Å². The van der Waals surface area contributed by atoms with E-state index in [1.807, 2.05) is 12.3 Å². The predicted molar refractivity (Wildman–Crippen MR) is 34.2 cm³/mol. The molecule has 2 nitrogen and oxygen atoms in total. The fourth-order valence-corrected chi connectivity index (χ4v) is 1.45. The summed E-state index contributed by atoms with van der Waals surface area (Å²) in [6, 6.07) is 0. The second kappa shape index (κ2) is 2.42. The lowest BCUT2D eigenvalue weighted by molar-refractivity contribution is 0.532. The predicted octanol–water partition coefficient (Wildman–Crippen LogP) is 0.313. The maximum atomic E-state index is 10.7. The molecule has 45 valence electrons. The van der Waals surface area contributed by atoms with Gasteiger partial charge in [-0.25, -0.2) is 4.31 Å². The topological polar surface area (TPSA) is 26.3 Å². The van der Waals surface area contributed by atoms with Crippen molar-refractivity contribution in [3.8, 4) is 0 Å². The monoisotopic (exact) mass is 130 g/mol. The average Bonchev–Trinajstić information content (AvgIpc) is 2.14. The highest BCUT2D eigenvalue weighted by atomic mass is 32.2. The third kappa shape index (κ3) is 0.980. The minimum absolute atomic E-state index is 0.600. The molecule has 1 heterocycles. The van der Waals surface area contributed by atoms with Crippen LogP contribution in [0.15, 0.2) is 12.3 Å². The minimum atomic E-state index is -0.801. The van der Waals surface area contributed by atoms with E-state index in [-0.39, 0.29) is 0 Å². The Hall–Kier alpha value is -0.150. The van der Waals surface area contributed by atoms with Gasteiger partial charge < -0.3 is 4.55 Å². The molecule has 1 radical (unpaired) electrons. The second-order valence-electron chi connectivity index (χ2n) is 1.51. The van der Waals surface area contributed by atoms with E-state index in [4.69, 9.17) is 0 Å². The highest BCUT2D eigenvalue weighted by molar-refractivity contribution is 7.89. The molecule has 0 aromatic rings. The molecular formula is C5H8NOS. The van der Waals surface area contributed by atoms with Crippen molar-refractivity contribution >= 4 is 11.4 Å². The van der Waals surface area contributed by atoms with Gasteiger partial charge in [-0.05, 0) is 13.0 Å². The molecule has 3 heteroatoms. The molecule has 0 saturated carbocycles. The molecule has 0 aromatic carbocycles. The van der Waals surface area contributed by atoms with Crippen molar-refractivity contribution in [2.75, 3.05) is 12.3 Å². The van der Waals surface area contributed by atoms with Crippen LogP contribution >= 0.6 is 0 Å². The summed E-state index contributed by atoms with van der Waals surface area (Å²) in [4.78, 5) is 0. The van der Waals surface area contributed by atoms with Gasteiger partial charge in [0.25, 0.3) is 0 Å². The number of hydrogen-bond acceptors (Lipinski definition) is 2. The van der Waals surface area contributed by atoms with E-state index in [1.165, 1.54) is 0 Å². The summed E-state index contributed by atoms with van der Waals surface area (Å²) in [7, 11) is 0. The Morgan fingerprint density at radius 3 is 2.88 bits per heavy atom. The van der Waals surface area contributed by atoms with Gasteiger partial charge in [-0.15, -0.1) is 0 Å². The van der Waals surface area contributed by atoms with Crippen molar-refractivity contribution in [1.82, 2.24) is 4.31 Å². The van der Waals surface area contributed by atoms with Crippen LogP contribution in [0.4, 0.5) is 0 Å². The van der Waals surface area contributed by atoms with Crippen LogP contribution in [0.1, 0.15) is 0 Å². The van der Waals surface area contributed by atoms with E-state index in [0.29, 0.717) is 12.3 Å². The van der Waals surface area contributed by atoms with Crippen LogP contribution in [0.5, 0.6) is 0 Å². The van der Waals surface area contributed by atoms with Gasteiger partial charge in [0.05, 0.1) is 17.9 Å². The molecule has 8 heavy (non-hydrogen) atoms. The van der Waals surface area contributed by atoms with Crippen LogP contribution in [-0.4, -0.2) is 21.2 Å². The highest BCUT2D eigenvalue weighted by Crippen LogP contribution is 2.08. The van der Waals surface area contributed by atoms with Crippen molar-refractivity contribution < 1.29 is 4.55 Å². The lowest BCUT2D eigenvalue weighted by atomic mass is 10.6. The van der Waals surface area contributed by atoms with Gasteiger partial charge in [0.15, 0.2) is 5.75 Å². The summed E-state index contributed by atoms with van der Waals surface area (Å²) in [5, 5.41) is 0. The highest BCUT2D eigenvalue weighted by Gasteiger charge is 2.16. The number of hydrogen-bond donors (Lipinski definition) is 0. The molecule has 1 rings (SSSR count). The Morgan fingerprint density at radius 1 is 1.88 bits per heavy atom. The fraction of sp³-hybridized carbons (Fsp3) is 0.400. The molecule has 0 aliphatic carbocycles. The Balaban J connectivity index is 2.41. The summed E-state index contributed by atoms with van der Waals surface area (Å²) in [5.74, 6) is 0.662. The van der Waals surface area contributed by atoms with Crippen LogP contribution in [-0.2, 0) is 11.4 Å². The summed E-state index contributed by atoms with van der Waals surface area (Å²) in [5.41, 5.74) is 0. The first-order chi connectivity index (χ1) is 3.84. The maximum Gasteiger partial charge on any atom is 0.151 e. The van der Waals surface area contributed by atoms with E-state index in [2.05, 4.69) is 6.92 Å². The Kier molecular flexibility index (Phi) is 1.81. The molecule has 0 amide bonds. The molecule has 0 N–H and O–H groups in total. The van der Waals surface area contributed by atoms with Crippen molar-refractivity contribution in [2.45, 2.75) is 0 Å². The summed E-state index contributed by atoms with van der Waals surface area (Å²) in [6.45, 7) is 4.20. The van der Waals surface area contributed by atoms with Gasteiger partial charge in [0, 0.05) is 6.20 Å². The van der Waals surface area contributed by atoms with Crippen LogP contribution in [0.25, 0.3) is 0 Å². The second-order valence-corrected chi connectivity index (χ2v) is 2.96. The standard InChI is InChI=1S/C5H8NOS/c1-2-6-4-3-5-8(6)7/h3-4H,1-2,5H2. The van der Waals surface area contributed by atoms with Crippen LogP contribution < -0.4 is 0 Å². The van der Waals surface area contributed by atoms with Gasteiger partial charge >= 0.3 is 0 Å². The van der Waals surface area contributed by atoms with Crippen LogP contribution in [0.2, 0.25) is 0 Å². The Morgan fingerprint density at radius 2 is 2.62 bits per heavy atom. The van der Waals surface area contributed by atoms with E-state index >= 15 is 0 Å². The van der Waals surface area contributed by atoms with Crippen LogP contribution in [0, 0.1) is 6.92 Å². The zero-order valence-corrected chi connectivity index (χ0v) is 5.36. The van der Waals surface area contributed by atoms with E-state index in [1.54, 1.807) is 4.31 Å². The molecule has 1 aliphatic heterocycles. The van der Waals surface area contributed by atoms with Gasteiger partial charge in [0.2, 0.25) is 0 Å². The first-order valence-electron chi connectivity index (χ1n) is 2.45. The van der Waals surface area contributed by atoms with E-state index in [0.717, 1.165) is 0 Å². The third-order valence-electron chi connectivity index (χ3n) is 0.992. The van der Waals surface area contributed by atoms with Crippen molar-refractivity contribution in [1.29, 1.82) is 0 Å².